The lowest BCUT2D eigenvalue weighted by molar-refractivity contribution is 0.240. The first-order valence-corrected chi connectivity index (χ1v) is 8.66. The summed E-state index contributed by atoms with van der Waals surface area (Å²) in [6.07, 6.45) is -0.603. The molecular weight excluding hydrogens is 362 g/mol. The molecule has 1 aliphatic rings. The van der Waals surface area contributed by atoms with E-state index < -0.39 is 6.10 Å². The zero-order valence-corrected chi connectivity index (χ0v) is 16.2. The number of ether oxygens (including phenoxy) is 4. The lowest BCUT2D eigenvalue weighted by atomic mass is 9.95. The quantitative estimate of drug-likeness (QED) is 0.586. The van der Waals surface area contributed by atoms with Crippen molar-refractivity contribution >= 4 is 16.9 Å². The average molecular weight is 385 g/mol. The van der Waals surface area contributed by atoms with Gasteiger partial charge in [0.25, 0.3) is 0 Å². The van der Waals surface area contributed by atoms with Crippen LogP contribution in [0.5, 0.6) is 23.0 Å². The van der Waals surface area contributed by atoms with Gasteiger partial charge in [0.05, 0.1) is 28.4 Å². The van der Waals surface area contributed by atoms with Crippen molar-refractivity contribution in [3.05, 3.63) is 47.5 Å². The van der Waals surface area contributed by atoms with Crippen LogP contribution in [0.2, 0.25) is 0 Å². The highest BCUT2D eigenvalue weighted by Gasteiger charge is 2.33. The van der Waals surface area contributed by atoms with Crippen molar-refractivity contribution in [2.24, 2.45) is 5.16 Å². The monoisotopic (exact) mass is 385 g/mol. The molecule has 1 atom stereocenters. The van der Waals surface area contributed by atoms with E-state index in [2.05, 4.69) is 5.16 Å². The summed E-state index contributed by atoms with van der Waals surface area (Å²) in [5.74, 6) is 2.13. The minimum atomic E-state index is -0.920. The molecule has 0 aromatic heterocycles. The molecule has 0 amide bonds. The van der Waals surface area contributed by atoms with E-state index in [0.717, 1.165) is 16.9 Å². The average Bonchev–Trinajstić information content (AvgIpc) is 3.08. The van der Waals surface area contributed by atoms with Crippen LogP contribution in [0.3, 0.4) is 0 Å². The number of rotatable bonds is 6. The van der Waals surface area contributed by atoms with E-state index in [9.17, 15) is 10.3 Å². The number of hydrogen-bond acceptors (Lipinski definition) is 7. The molecule has 2 aromatic rings. The van der Waals surface area contributed by atoms with E-state index in [0.29, 0.717) is 34.8 Å². The van der Waals surface area contributed by atoms with E-state index in [4.69, 9.17) is 18.9 Å². The number of oxime groups is 1. The maximum atomic E-state index is 10.5. The number of methoxy groups -OCH3 is 4. The molecule has 3 rings (SSSR count). The van der Waals surface area contributed by atoms with Crippen molar-refractivity contribution in [3.8, 4) is 23.0 Å². The molecule has 7 nitrogen and oxygen atoms in total. The molecule has 0 saturated carbocycles. The summed E-state index contributed by atoms with van der Waals surface area (Å²) >= 11 is 0. The SMILES string of the molecule is COc1ccc(C2=C(c3cc(OC)c(OC)c(OC)c3)/C(=N\O)C(O)C2)cc1. The van der Waals surface area contributed by atoms with Crippen LogP contribution in [0, 0.1) is 0 Å². The summed E-state index contributed by atoms with van der Waals surface area (Å²) in [7, 11) is 6.20. The summed E-state index contributed by atoms with van der Waals surface area (Å²) in [5.41, 5.74) is 3.24. The fraction of sp³-hybridized carbons (Fsp3) is 0.286. The highest BCUT2D eigenvalue weighted by molar-refractivity contribution is 6.35. The van der Waals surface area contributed by atoms with Crippen molar-refractivity contribution in [3.63, 3.8) is 0 Å². The Balaban J connectivity index is 2.24. The van der Waals surface area contributed by atoms with Crippen molar-refractivity contribution in [1.29, 1.82) is 0 Å². The van der Waals surface area contributed by atoms with Crippen LogP contribution < -0.4 is 18.9 Å². The van der Waals surface area contributed by atoms with Gasteiger partial charge in [0, 0.05) is 12.0 Å². The Morgan fingerprint density at radius 3 is 1.93 bits per heavy atom. The second kappa shape index (κ2) is 8.22. The van der Waals surface area contributed by atoms with Gasteiger partial charge in [0.1, 0.15) is 17.6 Å². The molecule has 0 aliphatic heterocycles. The molecule has 7 heteroatoms. The first kappa shape index (κ1) is 19.6. The summed E-state index contributed by atoms with van der Waals surface area (Å²) in [6, 6.07) is 11.0. The predicted octanol–water partition coefficient (Wildman–Crippen LogP) is 3.23. The summed E-state index contributed by atoms with van der Waals surface area (Å²) < 4.78 is 21.5. The lowest BCUT2D eigenvalue weighted by Gasteiger charge is -2.16. The minimum absolute atomic E-state index is 0.195. The molecule has 0 saturated heterocycles. The molecule has 0 radical (unpaired) electrons. The van der Waals surface area contributed by atoms with E-state index in [1.54, 1.807) is 19.2 Å². The number of aliphatic hydroxyl groups excluding tert-OH is 1. The summed E-state index contributed by atoms with van der Waals surface area (Å²) in [5, 5.41) is 23.4. The third-order valence-electron chi connectivity index (χ3n) is 4.77. The van der Waals surface area contributed by atoms with Gasteiger partial charge in [-0.15, -0.1) is 0 Å². The van der Waals surface area contributed by atoms with Gasteiger partial charge in [-0.05, 0) is 41.0 Å². The van der Waals surface area contributed by atoms with Crippen LogP contribution in [0.4, 0.5) is 0 Å². The first-order chi connectivity index (χ1) is 13.6. The van der Waals surface area contributed by atoms with Gasteiger partial charge >= 0.3 is 0 Å². The molecular formula is C21H23NO6. The Labute approximate surface area is 163 Å². The second-order valence-corrected chi connectivity index (χ2v) is 6.20. The number of hydrogen-bond donors (Lipinski definition) is 2. The summed E-state index contributed by atoms with van der Waals surface area (Å²) in [4.78, 5) is 0. The Kier molecular flexibility index (Phi) is 5.75. The van der Waals surface area contributed by atoms with Gasteiger partial charge < -0.3 is 29.3 Å². The molecule has 0 spiro atoms. The topological polar surface area (TPSA) is 89.7 Å². The number of benzene rings is 2. The molecule has 0 heterocycles. The van der Waals surface area contributed by atoms with Gasteiger partial charge in [-0.1, -0.05) is 17.3 Å². The largest absolute Gasteiger partial charge is 0.497 e. The Bertz CT molecular complexity index is 892. The predicted molar refractivity (Wildman–Crippen MR) is 106 cm³/mol. The van der Waals surface area contributed by atoms with Crippen LogP contribution in [-0.2, 0) is 0 Å². The highest BCUT2D eigenvalue weighted by atomic mass is 16.5. The van der Waals surface area contributed by atoms with Crippen LogP contribution in [0.25, 0.3) is 11.1 Å². The van der Waals surface area contributed by atoms with Gasteiger partial charge in [-0.2, -0.15) is 0 Å². The molecule has 2 aromatic carbocycles. The zero-order chi connectivity index (χ0) is 20.3. The van der Waals surface area contributed by atoms with Crippen molar-refractivity contribution in [1.82, 2.24) is 0 Å². The van der Waals surface area contributed by atoms with Gasteiger partial charge in [0.2, 0.25) is 5.75 Å². The fourth-order valence-electron chi connectivity index (χ4n) is 3.43. The van der Waals surface area contributed by atoms with Gasteiger partial charge in [-0.3, -0.25) is 0 Å². The van der Waals surface area contributed by atoms with Gasteiger partial charge in [0.15, 0.2) is 11.5 Å². The van der Waals surface area contributed by atoms with Crippen molar-refractivity contribution in [2.45, 2.75) is 12.5 Å². The maximum absolute atomic E-state index is 10.5. The first-order valence-electron chi connectivity index (χ1n) is 8.66. The van der Waals surface area contributed by atoms with Gasteiger partial charge in [-0.25, -0.2) is 0 Å². The van der Waals surface area contributed by atoms with E-state index in [1.165, 1.54) is 21.3 Å². The Hall–Kier alpha value is -3.19. The van der Waals surface area contributed by atoms with Crippen LogP contribution in [-0.4, -0.2) is 50.6 Å². The third-order valence-corrected chi connectivity index (χ3v) is 4.77. The Morgan fingerprint density at radius 1 is 0.857 bits per heavy atom. The molecule has 1 aliphatic carbocycles. The Morgan fingerprint density at radius 2 is 1.46 bits per heavy atom. The number of aliphatic hydroxyl groups is 1. The fourth-order valence-corrected chi connectivity index (χ4v) is 3.43. The summed E-state index contributed by atoms with van der Waals surface area (Å²) in [6.45, 7) is 0. The second-order valence-electron chi connectivity index (χ2n) is 6.20. The van der Waals surface area contributed by atoms with Crippen molar-refractivity contribution in [2.75, 3.05) is 28.4 Å². The normalized spacial score (nSPS) is 17.8. The molecule has 28 heavy (non-hydrogen) atoms. The van der Waals surface area contributed by atoms with Crippen molar-refractivity contribution < 1.29 is 29.3 Å². The molecule has 148 valence electrons. The standard InChI is InChI=1S/C21H23NO6/c1-25-14-7-5-12(6-8-14)15-11-16(23)20(22-24)19(15)13-9-17(26-2)21(28-4)18(10-13)27-3/h5-10,16,23-24H,11H2,1-4H3/b22-20-. The molecule has 0 fully saturated rings. The third kappa shape index (κ3) is 3.36. The van der Waals surface area contributed by atoms with Crippen LogP contribution in [0.15, 0.2) is 41.6 Å². The van der Waals surface area contributed by atoms with Crippen LogP contribution >= 0.6 is 0 Å². The molecule has 1 unspecified atom stereocenters. The van der Waals surface area contributed by atoms with E-state index in [-0.39, 0.29) is 5.71 Å². The smallest absolute Gasteiger partial charge is 0.203 e. The zero-order valence-electron chi connectivity index (χ0n) is 16.2. The van der Waals surface area contributed by atoms with Crippen LogP contribution in [0.1, 0.15) is 17.5 Å². The number of nitrogens with zero attached hydrogens (tertiary/aromatic N) is 1. The molecule has 0 bridgehead atoms. The van der Waals surface area contributed by atoms with E-state index >= 15 is 0 Å². The lowest BCUT2D eigenvalue weighted by Crippen LogP contribution is -2.15. The maximum Gasteiger partial charge on any atom is 0.203 e. The molecule has 2 N–H and O–H groups in total. The minimum Gasteiger partial charge on any atom is -0.497 e. The highest BCUT2D eigenvalue weighted by Crippen LogP contribution is 2.44. The van der Waals surface area contributed by atoms with E-state index in [1.807, 2.05) is 24.3 Å².